The van der Waals surface area contributed by atoms with Crippen molar-refractivity contribution in [3.8, 4) is 5.75 Å². The van der Waals surface area contributed by atoms with Gasteiger partial charge >= 0.3 is 12.1 Å². The van der Waals surface area contributed by atoms with E-state index in [0.717, 1.165) is 12.1 Å². The van der Waals surface area contributed by atoms with Crippen LogP contribution in [0, 0.1) is 0 Å². The molecule has 1 unspecified atom stereocenters. The van der Waals surface area contributed by atoms with E-state index >= 15 is 0 Å². The van der Waals surface area contributed by atoms with E-state index in [2.05, 4.69) is 9.61 Å². The van der Waals surface area contributed by atoms with Crippen LogP contribution >= 0.6 is 11.9 Å². The number of halogens is 4. The molecule has 8 heteroatoms. The minimum Gasteiger partial charge on any atom is -0.507 e. The first-order valence-corrected chi connectivity index (χ1v) is 7.13. The minimum atomic E-state index is -4.39. The molecule has 4 nitrogen and oxygen atoms in total. The van der Waals surface area contributed by atoms with Crippen molar-refractivity contribution in [2.45, 2.75) is 19.1 Å². The second kappa shape index (κ2) is 7.00. The third-order valence-corrected chi connectivity index (χ3v) is 3.55. The molecule has 0 heterocycles. The van der Waals surface area contributed by atoms with Crippen molar-refractivity contribution >= 4 is 23.5 Å². The molecule has 24 heavy (non-hydrogen) atoms. The lowest BCUT2D eigenvalue weighted by Crippen LogP contribution is -2.09. The van der Waals surface area contributed by atoms with Crippen LogP contribution in [0.5, 0.6) is 5.75 Å². The van der Waals surface area contributed by atoms with Crippen molar-refractivity contribution in [2.24, 2.45) is 0 Å². The van der Waals surface area contributed by atoms with Gasteiger partial charge in [0.1, 0.15) is 23.2 Å². The first-order chi connectivity index (χ1) is 11.2. The predicted molar refractivity (Wildman–Crippen MR) is 82.9 cm³/mol. The Labute approximate surface area is 141 Å². The van der Waals surface area contributed by atoms with E-state index in [0.29, 0.717) is 11.3 Å². The highest BCUT2D eigenvalue weighted by molar-refractivity contribution is 6.16. The molecular weight excluding hydrogens is 347 g/mol. The molecule has 2 aromatic rings. The monoisotopic (exact) mass is 359 g/mol. The van der Waals surface area contributed by atoms with Crippen LogP contribution < -0.4 is 5.32 Å². The highest BCUT2D eigenvalue weighted by Crippen LogP contribution is 2.31. The summed E-state index contributed by atoms with van der Waals surface area (Å²) in [6, 6.07) is 8.54. The molecule has 0 aliphatic carbocycles. The van der Waals surface area contributed by atoms with Gasteiger partial charge in [0.15, 0.2) is 0 Å². The Morgan fingerprint density at radius 1 is 1.21 bits per heavy atom. The van der Waals surface area contributed by atoms with E-state index in [-0.39, 0.29) is 17.4 Å². The molecule has 2 aromatic carbocycles. The first-order valence-electron chi connectivity index (χ1n) is 6.82. The van der Waals surface area contributed by atoms with Gasteiger partial charge in [0, 0.05) is 11.7 Å². The number of benzene rings is 2. The van der Waals surface area contributed by atoms with Gasteiger partial charge in [-0.25, -0.2) is 4.79 Å². The minimum absolute atomic E-state index is 0.130. The Bertz CT molecular complexity index is 732. The van der Waals surface area contributed by atoms with Crippen LogP contribution in [-0.4, -0.2) is 11.1 Å². The van der Waals surface area contributed by atoms with Gasteiger partial charge in [-0.3, -0.25) is 0 Å². The van der Waals surface area contributed by atoms with Crippen LogP contribution in [0.3, 0.4) is 0 Å². The van der Waals surface area contributed by atoms with Crippen molar-refractivity contribution in [1.82, 2.24) is 0 Å². The Morgan fingerprint density at radius 3 is 2.38 bits per heavy atom. The number of carbonyl (C=O) groups is 1. The zero-order valence-electron chi connectivity index (χ0n) is 12.4. The van der Waals surface area contributed by atoms with Crippen molar-refractivity contribution in [1.29, 1.82) is 0 Å². The molecule has 0 aliphatic rings. The average Bonchev–Trinajstić information content (AvgIpc) is 2.55. The second-order valence-electron chi connectivity index (χ2n) is 5.08. The SMILES string of the molecule is CC(Nc1ccc(O)c(C(=O)OCl)c1)c1ccc(C(F)(F)F)cc1. The number of phenolic OH excluding ortho intramolecular Hbond substituents is 1. The standard InChI is InChI=1S/C16H13ClF3NO3/c1-9(10-2-4-11(5-3-10)16(18,19)20)21-12-6-7-14(22)13(8-12)15(23)24-17/h2-9,21-22H,1H3. The van der Waals surface area contributed by atoms with Crippen LogP contribution in [-0.2, 0) is 10.5 Å². The highest BCUT2D eigenvalue weighted by Gasteiger charge is 2.30. The van der Waals surface area contributed by atoms with Gasteiger partial charge < -0.3 is 14.7 Å². The summed E-state index contributed by atoms with van der Waals surface area (Å²) >= 11 is 4.99. The summed E-state index contributed by atoms with van der Waals surface area (Å²) in [5.74, 6) is -1.21. The third-order valence-electron chi connectivity index (χ3n) is 3.41. The number of anilines is 1. The predicted octanol–water partition coefficient (Wildman–Crippen LogP) is 4.89. The molecule has 1 atom stereocenters. The number of aromatic hydroxyl groups is 1. The lowest BCUT2D eigenvalue weighted by molar-refractivity contribution is -0.137. The summed E-state index contributed by atoms with van der Waals surface area (Å²) in [6.45, 7) is 1.75. The number of hydrogen-bond donors (Lipinski definition) is 2. The molecule has 0 fully saturated rings. The molecule has 128 valence electrons. The fraction of sp³-hybridized carbons (Fsp3) is 0.188. The Morgan fingerprint density at radius 2 is 1.83 bits per heavy atom. The fourth-order valence-electron chi connectivity index (χ4n) is 2.12. The summed E-state index contributed by atoms with van der Waals surface area (Å²) in [5.41, 5.74) is 0.236. The van der Waals surface area contributed by atoms with E-state index in [1.807, 2.05) is 0 Å². The maximum absolute atomic E-state index is 12.6. The Balaban J connectivity index is 2.17. The molecular formula is C16H13ClF3NO3. The molecule has 0 bridgehead atoms. The van der Waals surface area contributed by atoms with Gasteiger partial charge in [-0.05, 0) is 42.8 Å². The zero-order chi connectivity index (χ0) is 17.9. The first kappa shape index (κ1) is 17.9. The quantitative estimate of drug-likeness (QED) is 0.763. The molecule has 2 rings (SSSR count). The average molecular weight is 360 g/mol. The smallest absolute Gasteiger partial charge is 0.416 e. The molecule has 0 amide bonds. The summed E-state index contributed by atoms with van der Waals surface area (Å²) in [7, 11) is 0. The van der Waals surface area contributed by atoms with E-state index in [9.17, 15) is 23.1 Å². The topological polar surface area (TPSA) is 58.6 Å². The van der Waals surface area contributed by atoms with Crippen molar-refractivity contribution < 1.29 is 27.4 Å². The molecule has 0 saturated carbocycles. The lowest BCUT2D eigenvalue weighted by atomic mass is 10.1. The van der Waals surface area contributed by atoms with Gasteiger partial charge in [-0.15, -0.1) is 0 Å². The fourth-order valence-corrected chi connectivity index (χ4v) is 2.21. The van der Waals surface area contributed by atoms with Gasteiger partial charge in [0.2, 0.25) is 0 Å². The summed E-state index contributed by atoms with van der Waals surface area (Å²) < 4.78 is 41.7. The molecule has 0 radical (unpaired) electrons. The van der Waals surface area contributed by atoms with Gasteiger partial charge in [-0.1, -0.05) is 12.1 Å². The Kier molecular flexibility index (Phi) is 5.23. The molecule has 0 spiro atoms. The van der Waals surface area contributed by atoms with Crippen molar-refractivity contribution in [2.75, 3.05) is 5.32 Å². The zero-order valence-corrected chi connectivity index (χ0v) is 13.2. The maximum atomic E-state index is 12.6. The van der Waals surface area contributed by atoms with Gasteiger partial charge in [0.25, 0.3) is 0 Å². The summed E-state index contributed by atoms with van der Waals surface area (Å²) in [6.07, 6.45) is -4.39. The molecule has 0 aliphatic heterocycles. The number of nitrogens with one attached hydrogen (secondary N) is 1. The van der Waals surface area contributed by atoms with E-state index in [1.54, 1.807) is 6.92 Å². The van der Waals surface area contributed by atoms with Crippen LogP contribution in [0.1, 0.15) is 34.5 Å². The van der Waals surface area contributed by atoms with Crippen LogP contribution in [0.2, 0.25) is 0 Å². The number of rotatable bonds is 4. The van der Waals surface area contributed by atoms with Crippen molar-refractivity contribution in [3.63, 3.8) is 0 Å². The van der Waals surface area contributed by atoms with E-state index in [1.165, 1.54) is 30.3 Å². The third kappa shape index (κ3) is 4.11. The van der Waals surface area contributed by atoms with Crippen LogP contribution in [0.15, 0.2) is 42.5 Å². The second-order valence-corrected chi connectivity index (χ2v) is 5.24. The number of carbonyl (C=O) groups excluding carboxylic acids is 1. The highest BCUT2D eigenvalue weighted by atomic mass is 35.5. The number of phenols is 1. The van der Waals surface area contributed by atoms with E-state index in [4.69, 9.17) is 11.9 Å². The number of hydrogen-bond acceptors (Lipinski definition) is 4. The van der Waals surface area contributed by atoms with Crippen LogP contribution in [0.25, 0.3) is 0 Å². The Hall–Kier alpha value is -2.41. The van der Waals surface area contributed by atoms with Gasteiger partial charge in [-0.2, -0.15) is 13.2 Å². The van der Waals surface area contributed by atoms with Gasteiger partial charge in [0.05, 0.1) is 5.56 Å². The normalized spacial score (nSPS) is 12.5. The van der Waals surface area contributed by atoms with Crippen LogP contribution in [0.4, 0.5) is 18.9 Å². The molecule has 0 saturated heterocycles. The van der Waals surface area contributed by atoms with Crippen molar-refractivity contribution in [3.05, 3.63) is 59.2 Å². The lowest BCUT2D eigenvalue weighted by Gasteiger charge is -2.17. The largest absolute Gasteiger partial charge is 0.507 e. The van der Waals surface area contributed by atoms with E-state index < -0.39 is 17.7 Å². The summed E-state index contributed by atoms with van der Waals surface area (Å²) in [4.78, 5) is 11.4. The maximum Gasteiger partial charge on any atom is 0.416 e. The summed E-state index contributed by atoms with van der Waals surface area (Å²) in [5, 5.41) is 12.6. The molecule has 2 N–H and O–H groups in total. The number of alkyl halides is 3. The molecule has 0 aromatic heterocycles.